The van der Waals surface area contributed by atoms with E-state index < -0.39 is 21.7 Å². The zero-order valence-corrected chi connectivity index (χ0v) is 16.5. The summed E-state index contributed by atoms with van der Waals surface area (Å²) in [5.74, 6) is -1.31. The van der Waals surface area contributed by atoms with Gasteiger partial charge in [0.2, 0.25) is 10.0 Å². The van der Waals surface area contributed by atoms with Crippen molar-refractivity contribution in [1.29, 1.82) is 0 Å². The van der Waals surface area contributed by atoms with E-state index in [1.165, 1.54) is 45.6 Å². The molecule has 26 heavy (non-hydrogen) atoms. The van der Waals surface area contributed by atoms with E-state index in [1.807, 2.05) is 22.6 Å². The number of amides is 1. The van der Waals surface area contributed by atoms with Gasteiger partial charge < -0.3 is 4.90 Å². The molecule has 0 unspecified atom stereocenters. The first kappa shape index (κ1) is 19.2. The van der Waals surface area contributed by atoms with Crippen LogP contribution in [-0.4, -0.2) is 49.7 Å². The number of hydrogen-bond donors (Lipinski definition) is 0. The molecule has 0 aliphatic carbocycles. The third-order valence-corrected chi connectivity index (χ3v) is 6.91. The SMILES string of the molecule is O=C(c1ccc(F)cc1I)N1CCN(S(=O)(=O)c2cccc(F)c2)CC1. The van der Waals surface area contributed by atoms with Gasteiger partial charge in [0.15, 0.2) is 0 Å². The van der Waals surface area contributed by atoms with Crippen LogP contribution in [0.2, 0.25) is 0 Å². The fourth-order valence-electron chi connectivity index (χ4n) is 2.74. The van der Waals surface area contributed by atoms with E-state index in [1.54, 1.807) is 0 Å². The Labute approximate surface area is 163 Å². The summed E-state index contributed by atoms with van der Waals surface area (Å²) in [6, 6.07) is 8.77. The first-order valence-electron chi connectivity index (χ1n) is 7.79. The minimum atomic E-state index is -3.81. The summed E-state index contributed by atoms with van der Waals surface area (Å²) in [6.07, 6.45) is 0. The summed E-state index contributed by atoms with van der Waals surface area (Å²) in [5.41, 5.74) is 0.383. The summed E-state index contributed by atoms with van der Waals surface area (Å²) in [5, 5.41) is 0. The molecule has 0 atom stereocenters. The number of halogens is 3. The van der Waals surface area contributed by atoms with Crippen LogP contribution in [-0.2, 0) is 10.0 Å². The highest BCUT2D eigenvalue weighted by molar-refractivity contribution is 14.1. The molecule has 0 bridgehead atoms. The van der Waals surface area contributed by atoms with Crippen LogP contribution in [0.1, 0.15) is 10.4 Å². The molecular formula is C17H15F2IN2O3S. The van der Waals surface area contributed by atoms with E-state index in [9.17, 15) is 22.0 Å². The lowest BCUT2D eigenvalue weighted by Gasteiger charge is -2.34. The van der Waals surface area contributed by atoms with E-state index in [2.05, 4.69) is 0 Å². The molecule has 0 saturated carbocycles. The van der Waals surface area contributed by atoms with Crippen LogP contribution >= 0.6 is 22.6 Å². The molecule has 1 heterocycles. The molecule has 138 valence electrons. The average molecular weight is 492 g/mol. The molecule has 1 amide bonds. The van der Waals surface area contributed by atoms with Crippen molar-refractivity contribution in [2.24, 2.45) is 0 Å². The lowest BCUT2D eigenvalue weighted by molar-refractivity contribution is 0.0697. The maximum Gasteiger partial charge on any atom is 0.255 e. The van der Waals surface area contributed by atoms with E-state index >= 15 is 0 Å². The summed E-state index contributed by atoms with van der Waals surface area (Å²) in [4.78, 5) is 14.0. The molecule has 3 rings (SSSR count). The van der Waals surface area contributed by atoms with Gasteiger partial charge in [-0.2, -0.15) is 4.31 Å². The molecule has 1 fully saturated rings. The zero-order valence-electron chi connectivity index (χ0n) is 13.5. The lowest BCUT2D eigenvalue weighted by atomic mass is 10.2. The van der Waals surface area contributed by atoms with E-state index in [0.29, 0.717) is 9.13 Å². The first-order chi connectivity index (χ1) is 12.3. The fourth-order valence-corrected chi connectivity index (χ4v) is 4.90. The molecule has 9 heteroatoms. The molecule has 1 saturated heterocycles. The van der Waals surface area contributed by atoms with E-state index in [-0.39, 0.29) is 37.0 Å². The van der Waals surface area contributed by atoms with Gasteiger partial charge in [0, 0.05) is 29.7 Å². The smallest absolute Gasteiger partial charge is 0.255 e. The Morgan fingerprint density at radius 3 is 2.23 bits per heavy atom. The number of nitrogens with zero attached hydrogens (tertiary/aromatic N) is 2. The van der Waals surface area contributed by atoms with Crippen LogP contribution in [0.15, 0.2) is 47.4 Å². The summed E-state index contributed by atoms with van der Waals surface area (Å²) < 4.78 is 53.4. The fraction of sp³-hybridized carbons (Fsp3) is 0.235. The Morgan fingerprint density at radius 2 is 1.62 bits per heavy atom. The third kappa shape index (κ3) is 3.89. The second-order valence-electron chi connectivity index (χ2n) is 5.78. The van der Waals surface area contributed by atoms with Gasteiger partial charge in [-0.3, -0.25) is 4.79 Å². The molecule has 1 aliphatic rings. The van der Waals surface area contributed by atoms with Gasteiger partial charge in [0.25, 0.3) is 5.91 Å². The quantitative estimate of drug-likeness (QED) is 0.620. The number of benzene rings is 2. The Bertz CT molecular complexity index is 945. The molecule has 5 nitrogen and oxygen atoms in total. The van der Waals surface area contributed by atoms with Gasteiger partial charge in [-0.25, -0.2) is 17.2 Å². The molecule has 2 aromatic carbocycles. The van der Waals surface area contributed by atoms with Gasteiger partial charge >= 0.3 is 0 Å². The summed E-state index contributed by atoms with van der Waals surface area (Å²) in [6.45, 7) is 0.645. The largest absolute Gasteiger partial charge is 0.336 e. The highest BCUT2D eigenvalue weighted by atomic mass is 127. The molecule has 0 spiro atoms. The Kier molecular flexibility index (Phi) is 5.58. The predicted octanol–water partition coefficient (Wildman–Crippen LogP) is 2.72. The van der Waals surface area contributed by atoms with Crippen molar-refractivity contribution in [1.82, 2.24) is 9.21 Å². The Morgan fingerprint density at radius 1 is 0.962 bits per heavy atom. The van der Waals surface area contributed by atoms with Gasteiger partial charge in [-0.1, -0.05) is 6.07 Å². The van der Waals surface area contributed by atoms with Gasteiger partial charge in [0.05, 0.1) is 10.5 Å². The average Bonchev–Trinajstić information content (AvgIpc) is 2.61. The van der Waals surface area contributed by atoms with Crippen LogP contribution in [0.3, 0.4) is 0 Å². The number of sulfonamides is 1. The van der Waals surface area contributed by atoms with Crippen molar-refractivity contribution in [3.8, 4) is 0 Å². The van der Waals surface area contributed by atoms with Crippen molar-refractivity contribution < 1.29 is 22.0 Å². The van der Waals surface area contributed by atoms with Crippen molar-refractivity contribution in [2.45, 2.75) is 4.90 Å². The van der Waals surface area contributed by atoms with E-state index in [0.717, 1.165) is 6.07 Å². The Hall–Kier alpha value is -1.59. The van der Waals surface area contributed by atoms with Gasteiger partial charge in [0.1, 0.15) is 11.6 Å². The zero-order chi connectivity index (χ0) is 18.9. The highest BCUT2D eigenvalue weighted by Crippen LogP contribution is 2.21. The maximum atomic E-state index is 13.3. The minimum absolute atomic E-state index is 0.106. The van der Waals surface area contributed by atoms with Gasteiger partial charge in [-0.05, 0) is 59.0 Å². The second kappa shape index (κ2) is 7.57. The summed E-state index contributed by atoms with van der Waals surface area (Å²) >= 11 is 1.90. The van der Waals surface area contributed by atoms with Crippen LogP contribution in [0.5, 0.6) is 0 Å². The number of carbonyl (C=O) groups excluding carboxylic acids is 1. The van der Waals surface area contributed by atoms with Crippen molar-refractivity contribution >= 4 is 38.5 Å². The number of piperazine rings is 1. The molecule has 1 aliphatic heterocycles. The van der Waals surface area contributed by atoms with Crippen molar-refractivity contribution in [2.75, 3.05) is 26.2 Å². The van der Waals surface area contributed by atoms with Crippen LogP contribution < -0.4 is 0 Å². The molecule has 0 N–H and O–H groups in total. The predicted molar refractivity (Wildman–Crippen MR) is 100 cm³/mol. The maximum absolute atomic E-state index is 13.3. The first-order valence-corrected chi connectivity index (χ1v) is 10.3. The molecule has 2 aromatic rings. The number of carbonyl (C=O) groups is 1. The van der Waals surface area contributed by atoms with Crippen LogP contribution in [0.4, 0.5) is 8.78 Å². The molecule has 0 radical (unpaired) electrons. The van der Waals surface area contributed by atoms with Crippen LogP contribution in [0, 0.1) is 15.2 Å². The summed E-state index contributed by atoms with van der Waals surface area (Å²) in [7, 11) is -3.81. The molecular weight excluding hydrogens is 477 g/mol. The number of rotatable bonds is 3. The molecule has 0 aromatic heterocycles. The standard InChI is InChI=1S/C17H15F2IN2O3S/c18-12-2-1-3-14(10-12)26(24,25)22-8-6-21(7-9-22)17(23)15-5-4-13(19)11-16(15)20/h1-5,10-11H,6-9H2. The lowest BCUT2D eigenvalue weighted by Crippen LogP contribution is -2.50. The van der Waals surface area contributed by atoms with Crippen molar-refractivity contribution in [3.05, 3.63) is 63.2 Å². The van der Waals surface area contributed by atoms with E-state index in [4.69, 9.17) is 0 Å². The Balaban J connectivity index is 1.72. The highest BCUT2D eigenvalue weighted by Gasteiger charge is 2.31. The van der Waals surface area contributed by atoms with Crippen molar-refractivity contribution in [3.63, 3.8) is 0 Å². The topological polar surface area (TPSA) is 57.7 Å². The van der Waals surface area contributed by atoms with Gasteiger partial charge in [-0.15, -0.1) is 0 Å². The normalized spacial score (nSPS) is 15.9. The third-order valence-electron chi connectivity index (χ3n) is 4.12. The monoisotopic (exact) mass is 492 g/mol. The number of hydrogen-bond acceptors (Lipinski definition) is 3. The van der Waals surface area contributed by atoms with Crippen LogP contribution in [0.25, 0.3) is 0 Å². The second-order valence-corrected chi connectivity index (χ2v) is 8.88. The minimum Gasteiger partial charge on any atom is -0.336 e.